The molecule has 0 N–H and O–H groups in total. The van der Waals surface area contributed by atoms with Crippen LogP contribution in [0.25, 0.3) is 0 Å². The van der Waals surface area contributed by atoms with Gasteiger partial charge in [-0.1, -0.05) is 0 Å². The van der Waals surface area contributed by atoms with E-state index in [1.165, 1.54) is 33.4 Å². The summed E-state index contributed by atoms with van der Waals surface area (Å²) >= 11 is -2.51. The predicted octanol–water partition coefficient (Wildman–Crippen LogP) is 6.62. The van der Waals surface area contributed by atoms with Gasteiger partial charge >= 0.3 is 167 Å². The third-order valence-electron chi connectivity index (χ3n) is 6.72. The van der Waals surface area contributed by atoms with Gasteiger partial charge in [0, 0.05) is 0 Å². The van der Waals surface area contributed by atoms with Crippen molar-refractivity contribution in [2.75, 3.05) is 0 Å². The molecule has 0 bridgehead atoms. The summed E-state index contributed by atoms with van der Waals surface area (Å²) in [6.45, 7) is 2.42. The number of benzene rings is 2. The molecule has 2 aromatic rings. The van der Waals surface area contributed by atoms with E-state index in [2.05, 4.69) is 91.9 Å². The molecule has 0 spiro atoms. The molecule has 0 unspecified atom stereocenters. The van der Waals surface area contributed by atoms with Crippen LogP contribution in [0.5, 0.6) is 0 Å². The van der Waals surface area contributed by atoms with Crippen molar-refractivity contribution in [3.05, 3.63) is 115 Å². The Hall–Kier alpha value is -1.89. The second-order valence-electron chi connectivity index (χ2n) is 8.21. The first-order chi connectivity index (χ1) is 13.3. The quantitative estimate of drug-likeness (QED) is 0.518. The van der Waals surface area contributed by atoms with Crippen LogP contribution in [-0.4, -0.2) is 0 Å². The third-order valence-corrected chi connectivity index (χ3v) is 15.0. The van der Waals surface area contributed by atoms with Gasteiger partial charge in [0.25, 0.3) is 0 Å². The van der Waals surface area contributed by atoms with Gasteiger partial charge in [-0.2, -0.15) is 0 Å². The van der Waals surface area contributed by atoms with Gasteiger partial charge in [-0.05, 0) is 0 Å². The molecule has 1 heteroatoms. The Bertz CT molecular complexity index is 892. The topological polar surface area (TPSA) is 0 Å². The molecule has 0 saturated carbocycles. The normalized spacial score (nSPS) is 20.3. The maximum absolute atomic E-state index is 2.51. The van der Waals surface area contributed by atoms with Crippen molar-refractivity contribution in [1.29, 1.82) is 0 Å². The molecule has 134 valence electrons. The van der Waals surface area contributed by atoms with Crippen LogP contribution in [0.15, 0.2) is 104 Å². The number of allylic oxidation sites excluding steroid dienone is 8. The standard InChI is InChI=1S/C12H12.2C7H7.Ti/c1-10(11-6-2-3-7-11)12-8-4-5-9-12;2*1-7-5-3-2-4-6-7;/h2,4,6,8,10H,3,5H2,1H3;2*2-6H,1H2;. The molecule has 0 aromatic heterocycles. The van der Waals surface area contributed by atoms with E-state index < -0.39 is 16.6 Å². The van der Waals surface area contributed by atoms with Crippen molar-refractivity contribution < 1.29 is 16.6 Å². The van der Waals surface area contributed by atoms with Gasteiger partial charge in [0.2, 0.25) is 0 Å². The fraction of sp³-hybridized carbons (Fsp3) is 0.231. The van der Waals surface area contributed by atoms with E-state index in [1.54, 1.807) is 11.1 Å². The molecule has 0 saturated heterocycles. The van der Waals surface area contributed by atoms with Crippen molar-refractivity contribution in [3.8, 4) is 0 Å². The summed E-state index contributed by atoms with van der Waals surface area (Å²) in [6, 6.07) is 22.5. The Morgan fingerprint density at radius 1 is 0.704 bits per heavy atom. The summed E-state index contributed by atoms with van der Waals surface area (Å²) < 4.78 is 6.28. The second-order valence-corrected chi connectivity index (χ2v) is 14.6. The molecule has 1 heterocycles. The van der Waals surface area contributed by atoms with Crippen LogP contribution in [-0.2, 0) is 26.0 Å². The third kappa shape index (κ3) is 2.87. The van der Waals surface area contributed by atoms with Crippen molar-refractivity contribution >= 4 is 0 Å². The van der Waals surface area contributed by atoms with Crippen molar-refractivity contribution in [1.82, 2.24) is 0 Å². The first kappa shape index (κ1) is 17.2. The first-order valence-electron chi connectivity index (χ1n) is 10.2. The molecule has 2 aromatic carbocycles. The summed E-state index contributed by atoms with van der Waals surface area (Å²) in [7, 11) is 0. The summed E-state index contributed by atoms with van der Waals surface area (Å²) in [5.41, 5.74) is 6.38. The van der Waals surface area contributed by atoms with E-state index in [9.17, 15) is 0 Å². The predicted molar refractivity (Wildman–Crippen MR) is 111 cm³/mol. The van der Waals surface area contributed by atoms with Crippen molar-refractivity contribution in [2.24, 2.45) is 5.92 Å². The van der Waals surface area contributed by atoms with Gasteiger partial charge in [-0.25, -0.2) is 0 Å². The van der Waals surface area contributed by atoms with Crippen molar-refractivity contribution in [3.63, 3.8) is 0 Å². The van der Waals surface area contributed by atoms with Gasteiger partial charge in [0.05, 0.1) is 0 Å². The average Bonchev–Trinajstić information content (AvgIpc) is 3.38. The molecule has 0 fully saturated rings. The fourth-order valence-electron chi connectivity index (χ4n) is 5.53. The Balaban J connectivity index is 1.69. The SMILES string of the molecule is CC1C2=[C](CC=C2)[Ti]([CH2]c2ccccc2)([CH2]c2ccccc2)[C]2=C1C=CC2. The van der Waals surface area contributed by atoms with Gasteiger partial charge in [-0.15, -0.1) is 0 Å². The molecule has 0 radical (unpaired) electrons. The molecule has 3 aliphatic rings. The van der Waals surface area contributed by atoms with E-state index in [0.717, 1.165) is 0 Å². The molecule has 27 heavy (non-hydrogen) atoms. The summed E-state index contributed by atoms with van der Waals surface area (Å²) in [5.74, 6) is 0.581. The second kappa shape index (κ2) is 6.93. The average molecular weight is 386 g/mol. The van der Waals surface area contributed by atoms with Crippen LogP contribution >= 0.6 is 0 Å². The van der Waals surface area contributed by atoms with E-state index >= 15 is 0 Å². The number of hydrogen-bond acceptors (Lipinski definition) is 0. The van der Waals surface area contributed by atoms with Gasteiger partial charge in [0.1, 0.15) is 0 Å². The zero-order valence-corrected chi connectivity index (χ0v) is 17.6. The minimum absolute atomic E-state index is 0.581. The van der Waals surface area contributed by atoms with E-state index in [0.29, 0.717) is 5.92 Å². The Kier molecular flexibility index (Phi) is 4.42. The van der Waals surface area contributed by atoms with Crippen LogP contribution in [0.1, 0.15) is 30.9 Å². The van der Waals surface area contributed by atoms with Crippen LogP contribution in [0.3, 0.4) is 0 Å². The van der Waals surface area contributed by atoms with E-state index in [4.69, 9.17) is 0 Å². The molecular weight excluding hydrogens is 360 g/mol. The Morgan fingerprint density at radius 3 is 1.59 bits per heavy atom. The van der Waals surface area contributed by atoms with Crippen LogP contribution in [0.2, 0.25) is 0 Å². The molecule has 1 aliphatic heterocycles. The minimum atomic E-state index is -2.51. The number of hydrogen-bond donors (Lipinski definition) is 0. The zero-order chi connectivity index (χ0) is 18.3. The summed E-state index contributed by atoms with van der Waals surface area (Å²) in [5, 5.41) is 0. The van der Waals surface area contributed by atoms with Gasteiger partial charge in [0.15, 0.2) is 0 Å². The molecule has 0 atom stereocenters. The monoisotopic (exact) mass is 386 g/mol. The Morgan fingerprint density at radius 2 is 1.15 bits per heavy atom. The van der Waals surface area contributed by atoms with Crippen molar-refractivity contribution in [2.45, 2.75) is 29.2 Å². The summed E-state index contributed by atoms with van der Waals surface area (Å²) in [6.07, 6.45) is 12.1. The van der Waals surface area contributed by atoms with Crippen LogP contribution in [0.4, 0.5) is 0 Å². The van der Waals surface area contributed by atoms with E-state index in [1.807, 2.05) is 7.76 Å². The zero-order valence-electron chi connectivity index (χ0n) is 16.0. The molecule has 5 rings (SSSR count). The van der Waals surface area contributed by atoms with E-state index in [-0.39, 0.29) is 0 Å². The molecule has 2 aliphatic carbocycles. The van der Waals surface area contributed by atoms with Crippen LogP contribution < -0.4 is 0 Å². The maximum atomic E-state index is 2.45. The number of rotatable bonds is 4. The molecule has 0 amide bonds. The van der Waals surface area contributed by atoms with Gasteiger partial charge < -0.3 is 0 Å². The molecule has 0 nitrogen and oxygen atoms in total. The first-order valence-corrected chi connectivity index (χ1v) is 13.9. The molecular formula is C26H26Ti. The van der Waals surface area contributed by atoms with Gasteiger partial charge in [-0.3, -0.25) is 0 Å². The fourth-order valence-corrected chi connectivity index (χ4v) is 14.8. The summed E-state index contributed by atoms with van der Waals surface area (Å²) in [4.78, 5) is 0. The van der Waals surface area contributed by atoms with Crippen LogP contribution in [0, 0.1) is 5.92 Å². The Labute approximate surface area is 166 Å².